The fourth-order valence-electron chi connectivity index (χ4n) is 2.34. The van der Waals surface area contributed by atoms with Gasteiger partial charge in [-0.3, -0.25) is 9.69 Å². The molecule has 4 heteroatoms. The Hall–Kier alpha value is -1.06. The molecule has 0 aliphatic heterocycles. The van der Waals surface area contributed by atoms with Gasteiger partial charge in [-0.15, -0.1) is 0 Å². The van der Waals surface area contributed by atoms with Gasteiger partial charge in [0.2, 0.25) is 0 Å². The van der Waals surface area contributed by atoms with Gasteiger partial charge in [-0.1, -0.05) is 25.4 Å². The second kappa shape index (κ2) is 9.06. The van der Waals surface area contributed by atoms with Crippen LogP contribution in [0.3, 0.4) is 0 Å². The molecular weight excluding hydrogens is 286 g/mol. The average Bonchev–Trinajstić information content (AvgIpc) is 2.43. The van der Waals surface area contributed by atoms with Crippen molar-refractivity contribution >= 4 is 17.4 Å². The third kappa shape index (κ3) is 5.33. The average molecular weight is 312 g/mol. The lowest BCUT2D eigenvalue weighted by atomic mass is 10.1. The summed E-state index contributed by atoms with van der Waals surface area (Å²) in [4.78, 5) is 14.8. The molecule has 1 aromatic carbocycles. The zero-order valence-electron chi connectivity index (χ0n) is 13.5. The summed E-state index contributed by atoms with van der Waals surface area (Å²) in [7, 11) is 0. The highest BCUT2D eigenvalue weighted by atomic mass is 35.5. The van der Waals surface area contributed by atoms with Crippen molar-refractivity contribution in [3.8, 4) is 5.75 Å². The minimum absolute atomic E-state index is 0.0715. The number of hydrogen-bond donors (Lipinski definition) is 0. The topological polar surface area (TPSA) is 29.5 Å². The molecule has 1 rings (SSSR count). The van der Waals surface area contributed by atoms with E-state index in [1.54, 1.807) is 6.07 Å². The quantitative estimate of drug-likeness (QED) is 0.635. The Morgan fingerprint density at radius 3 is 2.33 bits per heavy atom. The Kier molecular flexibility index (Phi) is 7.76. The molecule has 0 radical (unpaired) electrons. The number of nitrogens with zero attached hydrogens (tertiary/aromatic N) is 1. The van der Waals surface area contributed by atoms with E-state index in [0.717, 1.165) is 31.5 Å². The molecule has 0 amide bonds. The molecule has 0 saturated heterocycles. The van der Waals surface area contributed by atoms with Gasteiger partial charge in [-0.05, 0) is 57.5 Å². The Labute approximate surface area is 133 Å². The highest BCUT2D eigenvalue weighted by Gasteiger charge is 2.17. The normalized spacial score (nSPS) is 11.0. The van der Waals surface area contributed by atoms with Crippen LogP contribution in [0.25, 0.3) is 0 Å². The number of halogens is 1. The lowest BCUT2D eigenvalue weighted by Gasteiger charge is -2.21. The Bertz CT molecular complexity index is 468. The standard InChI is InChI=1S/C17H26ClNO2/c1-5-8-19(9-6-2)12-16(20)14-11-15(18)13(4)10-17(14)21-7-3/h10-11H,5-9,12H2,1-4H3. The van der Waals surface area contributed by atoms with Crippen LogP contribution in [0, 0.1) is 6.92 Å². The third-order valence-corrected chi connectivity index (χ3v) is 3.72. The molecule has 0 aliphatic rings. The molecule has 0 heterocycles. The molecular formula is C17H26ClNO2. The smallest absolute Gasteiger partial charge is 0.180 e. The molecule has 1 aromatic rings. The zero-order chi connectivity index (χ0) is 15.8. The van der Waals surface area contributed by atoms with Gasteiger partial charge in [-0.2, -0.15) is 0 Å². The number of benzene rings is 1. The highest BCUT2D eigenvalue weighted by molar-refractivity contribution is 6.31. The lowest BCUT2D eigenvalue weighted by molar-refractivity contribution is 0.0927. The van der Waals surface area contributed by atoms with Crippen LogP contribution in [0.4, 0.5) is 0 Å². The molecule has 3 nitrogen and oxygen atoms in total. The maximum Gasteiger partial charge on any atom is 0.180 e. The summed E-state index contributed by atoms with van der Waals surface area (Å²) in [5, 5.41) is 0.610. The van der Waals surface area contributed by atoms with Crippen molar-refractivity contribution in [2.75, 3.05) is 26.2 Å². The molecule has 0 aliphatic carbocycles. The molecule has 0 bridgehead atoms. The molecule has 0 spiro atoms. The Morgan fingerprint density at radius 2 is 1.81 bits per heavy atom. The first-order chi connectivity index (χ1) is 10.0. The minimum Gasteiger partial charge on any atom is -0.493 e. The number of carbonyl (C=O) groups is 1. The summed E-state index contributed by atoms with van der Waals surface area (Å²) in [6, 6.07) is 3.59. The maximum absolute atomic E-state index is 12.6. The van der Waals surface area contributed by atoms with Gasteiger partial charge in [0.1, 0.15) is 5.75 Å². The molecule has 0 atom stereocenters. The molecule has 21 heavy (non-hydrogen) atoms. The SMILES string of the molecule is CCCN(CCC)CC(=O)c1cc(Cl)c(C)cc1OCC. The van der Waals surface area contributed by atoms with Gasteiger partial charge in [0, 0.05) is 5.02 Å². The number of ether oxygens (including phenoxy) is 1. The Morgan fingerprint density at radius 1 is 1.19 bits per heavy atom. The number of ketones is 1. The van der Waals surface area contributed by atoms with Crippen molar-refractivity contribution in [2.45, 2.75) is 40.5 Å². The number of Topliss-reactive ketones (excluding diaryl/α,β-unsaturated/α-hetero) is 1. The van der Waals surface area contributed by atoms with E-state index in [4.69, 9.17) is 16.3 Å². The second-order valence-corrected chi connectivity index (χ2v) is 5.64. The van der Waals surface area contributed by atoms with E-state index in [1.165, 1.54) is 0 Å². The van der Waals surface area contributed by atoms with Crippen molar-refractivity contribution in [2.24, 2.45) is 0 Å². The monoisotopic (exact) mass is 311 g/mol. The van der Waals surface area contributed by atoms with Crippen molar-refractivity contribution in [3.63, 3.8) is 0 Å². The van der Waals surface area contributed by atoms with Gasteiger partial charge >= 0.3 is 0 Å². The van der Waals surface area contributed by atoms with E-state index in [0.29, 0.717) is 29.5 Å². The summed E-state index contributed by atoms with van der Waals surface area (Å²) in [6.45, 7) is 10.9. The van der Waals surface area contributed by atoms with Crippen LogP contribution >= 0.6 is 11.6 Å². The van der Waals surface area contributed by atoms with E-state index < -0.39 is 0 Å². The molecule has 0 aromatic heterocycles. The maximum atomic E-state index is 12.6. The fraction of sp³-hybridized carbons (Fsp3) is 0.588. The van der Waals surface area contributed by atoms with Crippen molar-refractivity contribution in [1.82, 2.24) is 4.90 Å². The summed E-state index contributed by atoms with van der Waals surface area (Å²) < 4.78 is 5.60. The van der Waals surface area contributed by atoms with Crippen LogP contribution in [0.5, 0.6) is 5.75 Å². The van der Waals surface area contributed by atoms with Gasteiger partial charge in [0.05, 0.1) is 18.7 Å². The first-order valence-corrected chi connectivity index (χ1v) is 8.09. The van der Waals surface area contributed by atoms with Crippen LogP contribution in [-0.4, -0.2) is 36.9 Å². The number of hydrogen-bond acceptors (Lipinski definition) is 3. The molecule has 0 N–H and O–H groups in total. The number of rotatable bonds is 9. The molecule has 0 fully saturated rings. The van der Waals surface area contributed by atoms with E-state index in [2.05, 4.69) is 18.7 Å². The summed E-state index contributed by atoms with van der Waals surface area (Å²) >= 11 is 6.17. The summed E-state index contributed by atoms with van der Waals surface area (Å²) in [5.41, 5.74) is 1.51. The van der Waals surface area contributed by atoms with E-state index in [9.17, 15) is 4.79 Å². The number of carbonyl (C=O) groups excluding carboxylic acids is 1. The molecule has 118 valence electrons. The van der Waals surface area contributed by atoms with Crippen molar-refractivity contribution < 1.29 is 9.53 Å². The van der Waals surface area contributed by atoms with Gasteiger partial charge in [0.15, 0.2) is 5.78 Å². The first-order valence-electron chi connectivity index (χ1n) is 7.71. The third-order valence-electron chi connectivity index (χ3n) is 3.31. The lowest BCUT2D eigenvalue weighted by Crippen LogP contribution is -2.31. The molecule has 0 unspecified atom stereocenters. The fourth-order valence-corrected chi connectivity index (χ4v) is 2.50. The van der Waals surface area contributed by atoms with Gasteiger partial charge in [0.25, 0.3) is 0 Å². The second-order valence-electron chi connectivity index (χ2n) is 5.23. The van der Waals surface area contributed by atoms with Crippen LogP contribution in [-0.2, 0) is 0 Å². The Balaban J connectivity index is 2.96. The van der Waals surface area contributed by atoms with Gasteiger partial charge < -0.3 is 4.74 Å². The van der Waals surface area contributed by atoms with E-state index >= 15 is 0 Å². The van der Waals surface area contributed by atoms with Crippen LogP contribution < -0.4 is 4.74 Å². The first kappa shape index (κ1) is 18.0. The van der Waals surface area contributed by atoms with Crippen LogP contribution in [0.15, 0.2) is 12.1 Å². The summed E-state index contributed by atoms with van der Waals surface area (Å²) in [6.07, 6.45) is 2.08. The number of aryl methyl sites for hydroxylation is 1. The van der Waals surface area contributed by atoms with Gasteiger partial charge in [-0.25, -0.2) is 0 Å². The highest BCUT2D eigenvalue weighted by Crippen LogP contribution is 2.27. The molecule has 0 saturated carbocycles. The van der Waals surface area contributed by atoms with E-state index in [1.807, 2.05) is 19.9 Å². The van der Waals surface area contributed by atoms with Crippen LogP contribution in [0.1, 0.15) is 49.5 Å². The largest absolute Gasteiger partial charge is 0.493 e. The minimum atomic E-state index is 0.0715. The van der Waals surface area contributed by atoms with Crippen molar-refractivity contribution in [1.29, 1.82) is 0 Å². The van der Waals surface area contributed by atoms with Crippen molar-refractivity contribution in [3.05, 3.63) is 28.3 Å². The van der Waals surface area contributed by atoms with E-state index in [-0.39, 0.29) is 5.78 Å². The van der Waals surface area contributed by atoms with Crippen LogP contribution in [0.2, 0.25) is 5.02 Å². The zero-order valence-corrected chi connectivity index (χ0v) is 14.3. The predicted molar refractivity (Wildman–Crippen MR) is 88.7 cm³/mol. The summed E-state index contributed by atoms with van der Waals surface area (Å²) in [5.74, 6) is 0.708. The predicted octanol–water partition coefficient (Wildman–Crippen LogP) is 4.35.